The van der Waals surface area contributed by atoms with Crippen LogP contribution in [-0.2, 0) is 5.41 Å². The van der Waals surface area contributed by atoms with Crippen molar-refractivity contribution < 1.29 is 9.59 Å². The van der Waals surface area contributed by atoms with Crippen molar-refractivity contribution in [2.45, 2.75) is 19.3 Å². The third kappa shape index (κ3) is 2.94. The summed E-state index contributed by atoms with van der Waals surface area (Å²) in [6.45, 7) is 4.15. The van der Waals surface area contributed by atoms with Gasteiger partial charge >= 0.3 is 0 Å². The number of carbonyl (C=O) groups excluding carboxylic acids is 2. The van der Waals surface area contributed by atoms with E-state index in [0.29, 0.717) is 11.1 Å². The van der Waals surface area contributed by atoms with E-state index in [0.717, 1.165) is 11.1 Å². The van der Waals surface area contributed by atoms with Crippen molar-refractivity contribution in [2.75, 3.05) is 0 Å². The zero-order chi connectivity index (χ0) is 15.6. The Morgan fingerprint density at radius 3 is 1.24 bits per heavy atom. The summed E-state index contributed by atoms with van der Waals surface area (Å²) in [6, 6.07) is 14.4. The molecule has 21 heavy (non-hydrogen) atoms. The van der Waals surface area contributed by atoms with Gasteiger partial charge in [-0.2, -0.15) is 0 Å². The zero-order valence-electron chi connectivity index (χ0n) is 12.1. The fourth-order valence-corrected chi connectivity index (χ4v) is 2.27. The Kier molecular flexibility index (Phi) is 3.80. The molecule has 0 aromatic heterocycles. The zero-order valence-corrected chi connectivity index (χ0v) is 12.1. The van der Waals surface area contributed by atoms with E-state index in [1.165, 1.54) is 0 Å². The minimum Gasteiger partial charge on any atom is -0.366 e. The number of hydrogen-bond acceptors (Lipinski definition) is 2. The highest BCUT2D eigenvalue weighted by Gasteiger charge is 2.23. The van der Waals surface area contributed by atoms with E-state index >= 15 is 0 Å². The van der Waals surface area contributed by atoms with Crippen molar-refractivity contribution in [1.82, 2.24) is 0 Å². The van der Waals surface area contributed by atoms with Gasteiger partial charge in [-0.05, 0) is 35.4 Å². The molecular formula is C17H18N2O2. The van der Waals surface area contributed by atoms with Gasteiger partial charge in [0, 0.05) is 16.5 Å². The molecule has 2 aromatic rings. The minimum atomic E-state index is -0.440. The highest BCUT2D eigenvalue weighted by atomic mass is 16.1. The molecule has 0 fully saturated rings. The molecule has 2 amide bonds. The largest absolute Gasteiger partial charge is 0.366 e. The summed E-state index contributed by atoms with van der Waals surface area (Å²) in [5.74, 6) is -0.879. The molecule has 0 unspecified atom stereocenters. The molecule has 0 saturated carbocycles. The van der Waals surface area contributed by atoms with Crippen LogP contribution < -0.4 is 11.5 Å². The van der Waals surface area contributed by atoms with Gasteiger partial charge in [0.2, 0.25) is 11.8 Å². The molecule has 4 heteroatoms. The molecule has 4 nitrogen and oxygen atoms in total. The van der Waals surface area contributed by atoms with E-state index in [1.54, 1.807) is 24.3 Å². The summed E-state index contributed by atoms with van der Waals surface area (Å²) in [7, 11) is 0. The van der Waals surface area contributed by atoms with Crippen LogP contribution in [0.1, 0.15) is 45.7 Å². The van der Waals surface area contributed by atoms with Crippen LogP contribution in [0.5, 0.6) is 0 Å². The van der Waals surface area contributed by atoms with Gasteiger partial charge in [-0.25, -0.2) is 0 Å². The lowest BCUT2D eigenvalue weighted by Crippen LogP contribution is -2.20. The van der Waals surface area contributed by atoms with Crippen molar-refractivity contribution in [2.24, 2.45) is 11.5 Å². The maximum atomic E-state index is 11.1. The van der Waals surface area contributed by atoms with E-state index in [2.05, 4.69) is 13.8 Å². The number of rotatable bonds is 4. The number of primary amides is 2. The predicted octanol–water partition coefficient (Wildman–Crippen LogP) is 2.21. The van der Waals surface area contributed by atoms with Gasteiger partial charge in [0.1, 0.15) is 0 Å². The molecular weight excluding hydrogens is 264 g/mol. The van der Waals surface area contributed by atoms with Crippen LogP contribution in [0, 0.1) is 0 Å². The number of carbonyl (C=O) groups is 2. The first-order valence-electron chi connectivity index (χ1n) is 6.63. The monoisotopic (exact) mass is 282 g/mol. The Bertz CT molecular complexity index is 611. The Hall–Kier alpha value is -2.62. The summed E-state index contributed by atoms with van der Waals surface area (Å²) >= 11 is 0. The quantitative estimate of drug-likeness (QED) is 0.900. The summed E-state index contributed by atoms with van der Waals surface area (Å²) < 4.78 is 0. The molecule has 2 rings (SSSR count). The summed E-state index contributed by atoms with van der Waals surface area (Å²) in [4.78, 5) is 22.2. The van der Waals surface area contributed by atoms with E-state index < -0.39 is 11.8 Å². The lowest BCUT2D eigenvalue weighted by molar-refractivity contribution is 0.0992. The first-order chi connectivity index (χ1) is 9.82. The van der Waals surface area contributed by atoms with Gasteiger partial charge in [0.15, 0.2) is 0 Å². The average molecular weight is 282 g/mol. The van der Waals surface area contributed by atoms with Crippen LogP contribution in [-0.4, -0.2) is 11.8 Å². The molecule has 4 N–H and O–H groups in total. The second kappa shape index (κ2) is 5.40. The van der Waals surface area contributed by atoms with Gasteiger partial charge in [-0.15, -0.1) is 0 Å². The molecule has 0 radical (unpaired) electrons. The molecule has 0 heterocycles. The highest BCUT2D eigenvalue weighted by Crippen LogP contribution is 2.31. The molecule has 0 spiro atoms. The van der Waals surface area contributed by atoms with Crippen molar-refractivity contribution in [3.05, 3.63) is 70.8 Å². The third-order valence-corrected chi connectivity index (χ3v) is 3.78. The van der Waals surface area contributed by atoms with E-state index in [1.807, 2.05) is 24.3 Å². The first-order valence-corrected chi connectivity index (χ1v) is 6.63. The van der Waals surface area contributed by atoms with Crippen LogP contribution in [0.2, 0.25) is 0 Å². The summed E-state index contributed by atoms with van der Waals surface area (Å²) in [6.07, 6.45) is 0. The standard InChI is InChI=1S/C17H18N2O2/c1-17(2,13-7-3-11(4-8-13)15(18)20)14-9-5-12(6-10-14)16(19)21/h3-10H,1-2H3,(H2,18,20)(H2,19,21). The van der Waals surface area contributed by atoms with E-state index in [-0.39, 0.29) is 5.41 Å². The number of nitrogens with two attached hydrogens (primary N) is 2. The predicted molar refractivity (Wildman–Crippen MR) is 82.0 cm³/mol. The van der Waals surface area contributed by atoms with Crippen LogP contribution in [0.4, 0.5) is 0 Å². The fourth-order valence-electron chi connectivity index (χ4n) is 2.27. The Balaban J connectivity index is 2.36. The van der Waals surface area contributed by atoms with Crippen LogP contribution >= 0.6 is 0 Å². The van der Waals surface area contributed by atoms with Gasteiger partial charge < -0.3 is 11.5 Å². The van der Waals surface area contributed by atoms with Crippen molar-refractivity contribution >= 4 is 11.8 Å². The van der Waals surface area contributed by atoms with Crippen molar-refractivity contribution in [1.29, 1.82) is 0 Å². The Morgan fingerprint density at radius 2 is 1.00 bits per heavy atom. The Morgan fingerprint density at radius 1 is 0.714 bits per heavy atom. The maximum absolute atomic E-state index is 11.1. The average Bonchev–Trinajstić information content (AvgIpc) is 2.47. The third-order valence-electron chi connectivity index (χ3n) is 3.78. The van der Waals surface area contributed by atoms with Crippen LogP contribution in [0.3, 0.4) is 0 Å². The molecule has 0 aliphatic rings. The number of hydrogen-bond donors (Lipinski definition) is 2. The normalized spacial score (nSPS) is 11.1. The van der Waals surface area contributed by atoms with Crippen molar-refractivity contribution in [3.8, 4) is 0 Å². The lowest BCUT2D eigenvalue weighted by Gasteiger charge is -2.26. The van der Waals surface area contributed by atoms with Gasteiger partial charge in [-0.3, -0.25) is 9.59 Å². The van der Waals surface area contributed by atoms with Gasteiger partial charge in [-0.1, -0.05) is 38.1 Å². The SMILES string of the molecule is CC(C)(c1ccc(C(N)=O)cc1)c1ccc(C(N)=O)cc1. The Labute approximate surface area is 123 Å². The molecule has 0 bridgehead atoms. The molecule has 0 aliphatic heterocycles. The maximum Gasteiger partial charge on any atom is 0.248 e. The highest BCUT2D eigenvalue weighted by molar-refractivity contribution is 5.93. The second-order valence-electron chi connectivity index (χ2n) is 5.51. The van der Waals surface area contributed by atoms with Gasteiger partial charge in [0.25, 0.3) is 0 Å². The molecule has 0 atom stereocenters. The molecule has 0 aliphatic carbocycles. The number of benzene rings is 2. The van der Waals surface area contributed by atoms with Crippen molar-refractivity contribution in [3.63, 3.8) is 0 Å². The summed E-state index contributed by atoms with van der Waals surface area (Å²) in [5, 5.41) is 0. The second-order valence-corrected chi connectivity index (χ2v) is 5.51. The topological polar surface area (TPSA) is 86.2 Å². The lowest BCUT2D eigenvalue weighted by atomic mass is 9.78. The van der Waals surface area contributed by atoms with Crippen LogP contribution in [0.25, 0.3) is 0 Å². The molecule has 0 saturated heterocycles. The number of amides is 2. The minimum absolute atomic E-state index is 0.258. The van der Waals surface area contributed by atoms with E-state index in [9.17, 15) is 9.59 Å². The van der Waals surface area contributed by atoms with E-state index in [4.69, 9.17) is 11.5 Å². The van der Waals surface area contributed by atoms with Crippen LogP contribution in [0.15, 0.2) is 48.5 Å². The molecule has 2 aromatic carbocycles. The summed E-state index contributed by atoms with van der Waals surface area (Å²) in [5.41, 5.74) is 13.3. The first kappa shape index (κ1) is 14.8. The fraction of sp³-hybridized carbons (Fsp3) is 0.176. The smallest absolute Gasteiger partial charge is 0.248 e. The molecule has 108 valence electrons. The van der Waals surface area contributed by atoms with Gasteiger partial charge in [0.05, 0.1) is 0 Å².